The van der Waals surface area contributed by atoms with Crippen LogP contribution in [0.2, 0.25) is 0 Å². The highest BCUT2D eigenvalue weighted by Gasteiger charge is 2.67. The zero-order chi connectivity index (χ0) is 21.5. The van der Waals surface area contributed by atoms with Gasteiger partial charge in [0.15, 0.2) is 11.8 Å². The van der Waals surface area contributed by atoms with Crippen molar-refractivity contribution in [2.24, 2.45) is 0 Å². The quantitative estimate of drug-likeness (QED) is 0.598. The number of amides is 1. The molecule has 0 saturated carbocycles. The second-order valence-electron chi connectivity index (χ2n) is 8.16. The van der Waals surface area contributed by atoms with Crippen molar-refractivity contribution in [3.63, 3.8) is 0 Å². The summed E-state index contributed by atoms with van der Waals surface area (Å²) in [6, 6.07) is 12.4. The predicted octanol–water partition coefficient (Wildman–Crippen LogP) is 1.55. The van der Waals surface area contributed by atoms with Crippen molar-refractivity contribution in [2.45, 2.75) is 37.2 Å². The fourth-order valence-corrected chi connectivity index (χ4v) is 5.12. The number of fused-ring (bicyclic) bond motifs is 6. The SMILES string of the molecule is C[C@H]1C(=O)N2c3ccccc3[C@]3(C[C@@H](n4cnc5ccccc5c4=O)C(=O)O3)[C@H]2N1O. The van der Waals surface area contributed by atoms with E-state index < -0.39 is 29.8 Å². The van der Waals surface area contributed by atoms with Crippen LogP contribution in [0.3, 0.4) is 0 Å². The molecule has 2 fully saturated rings. The van der Waals surface area contributed by atoms with Crippen molar-refractivity contribution in [3.8, 4) is 0 Å². The van der Waals surface area contributed by atoms with Gasteiger partial charge in [0.1, 0.15) is 12.1 Å². The number of para-hydroxylation sites is 2. The third kappa shape index (κ3) is 2.16. The van der Waals surface area contributed by atoms with E-state index in [0.717, 1.165) is 5.06 Å². The van der Waals surface area contributed by atoms with E-state index in [4.69, 9.17) is 4.74 Å². The van der Waals surface area contributed by atoms with Crippen LogP contribution in [0.15, 0.2) is 59.7 Å². The number of carbonyl (C=O) groups is 2. The third-order valence-electron chi connectivity index (χ3n) is 6.60. The second-order valence-corrected chi connectivity index (χ2v) is 8.16. The molecular formula is C22H18N4O5. The van der Waals surface area contributed by atoms with Gasteiger partial charge in [0.25, 0.3) is 5.56 Å². The molecule has 4 atom stereocenters. The maximum absolute atomic E-state index is 13.1. The summed E-state index contributed by atoms with van der Waals surface area (Å²) in [5, 5.41) is 12.1. The third-order valence-corrected chi connectivity index (χ3v) is 6.60. The number of ether oxygens (including phenoxy) is 1. The Kier molecular flexibility index (Phi) is 3.52. The number of anilines is 1. The molecule has 4 heterocycles. The maximum Gasteiger partial charge on any atom is 0.330 e. The highest BCUT2D eigenvalue weighted by Crippen LogP contribution is 2.56. The number of nitrogens with zero attached hydrogens (tertiary/aromatic N) is 4. The van der Waals surface area contributed by atoms with Crippen LogP contribution in [0.1, 0.15) is 24.9 Å². The molecule has 9 nitrogen and oxygen atoms in total. The van der Waals surface area contributed by atoms with E-state index in [0.29, 0.717) is 22.2 Å². The van der Waals surface area contributed by atoms with Crippen molar-refractivity contribution in [1.29, 1.82) is 0 Å². The molecule has 3 aromatic rings. The van der Waals surface area contributed by atoms with Crippen LogP contribution in [0, 0.1) is 0 Å². The van der Waals surface area contributed by atoms with Crippen molar-refractivity contribution < 1.29 is 19.5 Å². The van der Waals surface area contributed by atoms with Crippen LogP contribution in [-0.2, 0) is 19.9 Å². The van der Waals surface area contributed by atoms with Crippen LogP contribution >= 0.6 is 0 Å². The summed E-state index contributed by atoms with van der Waals surface area (Å²) in [7, 11) is 0. The standard InChI is InChI=1S/C22H18N4O5/c1-12-18(27)25-16-9-5-3-7-14(16)22(21(25)26(12)30)10-17(20(29)31-22)24-11-23-15-8-4-2-6-13(15)19(24)28/h2-9,11-12,17,21,30H,10H2,1H3/t12-,17+,21+,22+/m0/s1. The van der Waals surface area contributed by atoms with Gasteiger partial charge in [-0.3, -0.25) is 19.1 Å². The van der Waals surface area contributed by atoms with E-state index >= 15 is 0 Å². The molecule has 3 aliphatic heterocycles. The molecule has 1 N–H and O–H groups in total. The van der Waals surface area contributed by atoms with Gasteiger partial charge in [-0.1, -0.05) is 30.3 Å². The number of benzene rings is 2. The smallest absolute Gasteiger partial charge is 0.330 e. The molecule has 2 saturated heterocycles. The minimum absolute atomic E-state index is 0.0843. The van der Waals surface area contributed by atoms with E-state index in [2.05, 4.69) is 4.98 Å². The van der Waals surface area contributed by atoms with Crippen LogP contribution in [-0.4, -0.2) is 43.9 Å². The lowest BCUT2D eigenvalue weighted by molar-refractivity contribution is -0.190. The monoisotopic (exact) mass is 418 g/mol. The van der Waals surface area contributed by atoms with Crippen LogP contribution < -0.4 is 10.5 Å². The molecule has 1 spiro atoms. The molecular weight excluding hydrogens is 400 g/mol. The largest absolute Gasteiger partial charge is 0.449 e. The number of rotatable bonds is 1. The number of esters is 1. The fraction of sp³-hybridized carbons (Fsp3) is 0.273. The Bertz CT molecular complexity index is 1340. The molecule has 156 valence electrons. The number of hydrogen-bond acceptors (Lipinski definition) is 7. The molecule has 3 aliphatic rings. The van der Waals surface area contributed by atoms with E-state index in [-0.39, 0.29) is 17.9 Å². The minimum Gasteiger partial charge on any atom is -0.449 e. The van der Waals surface area contributed by atoms with Gasteiger partial charge in [-0.25, -0.2) is 9.78 Å². The van der Waals surface area contributed by atoms with Gasteiger partial charge in [-0.05, 0) is 25.1 Å². The lowest BCUT2D eigenvalue weighted by atomic mass is 9.88. The molecule has 1 amide bonds. The summed E-state index contributed by atoms with van der Waals surface area (Å²) >= 11 is 0. The fourth-order valence-electron chi connectivity index (χ4n) is 5.12. The average Bonchev–Trinajstić information content (AvgIpc) is 3.35. The van der Waals surface area contributed by atoms with Gasteiger partial charge in [-0.2, -0.15) is 5.06 Å². The van der Waals surface area contributed by atoms with Crippen molar-refractivity contribution in [1.82, 2.24) is 14.6 Å². The van der Waals surface area contributed by atoms with Gasteiger partial charge < -0.3 is 9.94 Å². The topological polar surface area (TPSA) is 105 Å². The number of carbonyl (C=O) groups excluding carboxylic acids is 2. The molecule has 6 rings (SSSR count). The van der Waals surface area contributed by atoms with E-state index in [1.54, 1.807) is 55.5 Å². The first-order chi connectivity index (χ1) is 14.9. The second kappa shape index (κ2) is 5.99. The predicted molar refractivity (Wildman–Crippen MR) is 108 cm³/mol. The van der Waals surface area contributed by atoms with E-state index in [1.807, 2.05) is 0 Å². The zero-order valence-corrected chi connectivity index (χ0v) is 16.5. The van der Waals surface area contributed by atoms with Crippen molar-refractivity contribution in [2.75, 3.05) is 4.90 Å². The Morgan fingerprint density at radius 3 is 2.68 bits per heavy atom. The molecule has 0 radical (unpaired) electrons. The first-order valence-corrected chi connectivity index (χ1v) is 10.0. The summed E-state index contributed by atoms with van der Waals surface area (Å²) in [5.41, 5.74) is 0.136. The number of hydrogen-bond donors (Lipinski definition) is 1. The van der Waals surface area contributed by atoms with Crippen LogP contribution in [0.4, 0.5) is 5.69 Å². The summed E-state index contributed by atoms with van der Waals surface area (Å²) in [4.78, 5) is 44.8. The van der Waals surface area contributed by atoms with Crippen molar-refractivity contribution in [3.05, 3.63) is 70.8 Å². The van der Waals surface area contributed by atoms with Crippen LogP contribution in [0.5, 0.6) is 0 Å². The minimum atomic E-state index is -1.29. The van der Waals surface area contributed by atoms with Crippen LogP contribution in [0.25, 0.3) is 10.9 Å². The Labute approximate surface area is 176 Å². The molecule has 2 aromatic carbocycles. The van der Waals surface area contributed by atoms with Gasteiger partial charge in [-0.15, -0.1) is 0 Å². The normalized spacial score (nSPS) is 29.6. The highest BCUT2D eigenvalue weighted by molar-refractivity contribution is 6.02. The summed E-state index contributed by atoms with van der Waals surface area (Å²) < 4.78 is 7.21. The molecule has 31 heavy (non-hydrogen) atoms. The average molecular weight is 418 g/mol. The Balaban J connectivity index is 1.51. The number of aromatic nitrogens is 2. The Morgan fingerprint density at radius 2 is 1.84 bits per heavy atom. The zero-order valence-electron chi connectivity index (χ0n) is 16.5. The molecule has 9 heteroatoms. The molecule has 0 unspecified atom stereocenters. The van der Waals surface area contributed by atoms with Gasteiger partial charge >= 0.3 is 5.97 Å². The Morgan fingerprint density at radius 1 is 1.10 bits per heavy atom. The van der Waals surface area contributed by atoms with E-state index in [1.165, 1.54) is 15.8 Å². The molecule has 1 aromatic heterocycles. The molecule has 0 aliphatic carbocycles. The first kappa shape index (κ1) is 18.2. The summed E-state index contributed by atoms with van der Waals surface area (Å²) in [5.74, 6) is -0.878. The lowest BCUT2D eigenvalue weighted by Gasteiger charge is -2.33. The van der Waals surface area contributed by atoms with Gasteiger partial charge in [0, 0.05) is 12.0 Å². The van der Waals surface area contributed by atoms with Crippen molar-refractivity contribution >= 4 is 28.5 Å². The van der Waals surface area contributed by atoms with E-state index in [9.17, 15) is 19.6 Å². The van der Waals surface area contributed by atoms with Gasteiger partial charge in [0.2, 0.25) is 5.91 Å². The number of hydroxylamine groups is 2. The highest BCUT2D eigenvalue weighted by atomic mass is 16.6. The Hall–Kier alpha value is -3.56. The summed E-state index contributed by atoms with van der Waals surface area (Å²) in [6.45, 7) is 1.60. The maximum atomic E-state index is 13.1. The van der Waals surface area contributed by atoms with Gasteiger partial charge in [0.05, 0.1) is 22.9 Å². The summed E-state index contributed by atoms with van der Waals surface area (Å²) in [6.07, 6.45) is 0.541. The lowest BCUT2D eigenvalue weighted by Crippen LogP contribution is -2.49. The molecule has 0 bridgehead atoms. The first-order valence-electron chi connectivity index (χ1n) is 10.0.